The Morgan fingerprint density at radius 1 is 1.15 bits per heavy atom. The van der Waals surface area contributed by atoms with Crippen LogP contribution < -0.4 is 10.2 Å². The van der Waals surface area contributed by atoms with Gasteiger partial charge in [-0.15, -0.1) is 0 Å². The number of aliphatic hydroxyl groups excluding tert-OH is 1. The monoisotopic (exact) mass is 532 g/mol. The summed E-state index contributed by atoms with van der Waals surface area (Å²) in [6, 6.07) is 9.56. The molecule has 0 aromatic carbocycles. The normalized spacial score (nSPS) is 15.8. The molecule has 5 rings (SSSR count). The van der Waals surface area contributed by atoms with Crippen molar-refractivity contribution in [3.05, 3.63) is 71.6 Å². The maximum atomic E-state index is 13.5. The Morgan fingerprint density at radius 3 is 2.56 bits per heavy atom. The first kappa shape index (κ1) is 26.5. The van der Waals surface area contributed by atoms with Gasteiger partial charge in [0.1, 0.15) is 17.4 Å². The summed E-state index contributed by atoms with van der Waals surface area (Å²) in [5, 5.41) is 24.6. The number of piperidine rings is 1. The predicted octanol–water partition coefficient (Wildman–Crippen LogP) is 4.23. The lowest BCUT2D eigenvalue weighted by Crippen LogP contribution is -2.47. The third-order valence-corrected chi connectivity index (χ3v) is 7.47. The maximum Gasteiger partial charge on any atom is 0.161 e. The highest BCUT2D eigenvalue weighted by Crippen LogP contribution is 2.37. The predicted molar refractivity (Wildman–Crippen MR) is 146 cm³/mol. The van der Waals surface area contributed by atoms with E-state index in [1.165, 1.54) is 10.9 Å². The van der Waals surface area contributed by atoms with E-state index in [0.717, 1.165) is 28.8 Å². The van der Waals surface area contributed by atoms with E-state index < -0.39 is 11.2 Å². The van der Waals surface area contributed by atoms with Gasteiger partial charge in [-0.25, -0.2) is 19.0 Å². The van der Waals surface area contributed by atoms with Crippen molar-refractivity contribution in [3.63, 3.8) is 0 Å². The number of halogens is 1. The van der Waals surface area contributed by atoms with E-state index in [1.54, 1.807) is 12.3 Å². The molecule has 0 saturated carbocycles. The van der Waals surface area contributed by atoms with E-state index in [2.05, 4.69) is 30.5 Å². The Hall–Kier alpha value is -4.12. The van der Waals surface area contributed by atoms with Gasteiger partial charge >= 0.3 is 0 Å². The van der Waals surface area contributed by atoms with Crippen LogP contribution in [0.25, 0.3) is 5.82 Å². The molecule has 204 valence electrons. The number of rotatable bonds is 9. The fraction of sp³-hybridized carbons (Fsp3) is 0.393. The number of nitrogens with one attached hydrogen (secondary N) is 2. The lowest BCUT2D eigenvalue weighted by atomic mass is 9.72. The Morgan fingerprint density at radius 2 is 1.95 bits per heavy atom. The molecule has 1 aliphatic rings. The quantitative estimate of drug-likeness (QED) is 0.293. The average molecular weight is 533 g/mol. The van der Waals surface area contributed by atoms with Crippen LogP contribution >= 0.6 is 0 Å². The molecule has 0 bridgehead atoms. The van der Waals surface area contributed by atoms with Gasteiger partial charge in [-0.3, -0.25) is 9.89 Å². The number of nitrogens with zero attached hydrogens (tertiary/aromatic N) is 6. The SMILES string of the molecule is Cc1cc(Nc2cc(C)[nH]n2)nc(N2CCC(CO)(C(=O)C[C@@H](C)c3ccc(-n4cc(F)cn4)nc3)CC2)c1. The van der Waals surface area contributed by atoms with Crippen LogP contribution in [0.15, 0.2) is 48.9 Å². The van der Waals surface area contributed by atoms with Crippen LogP contribution in [0, 0.1) is 25.1 Å². The molecule has 1 saturated heterocycles. The van der Waals surface area contributed by atoms with Crippen molar-refractivity contribution in [2.24, 2.45) is 5.41 Å². The number of aromatic amines is 1. The van der Waals surface area contributed by atoms with Gasteiger partial charge < -0.3 is 15.3 Å². The molecular formula is C28H33FN8O2. The van der Waals surface area contributed by atoms with Gasteiger partial charge in [-0.05, 0) is 61.9 Å². The number of aryl methyl sites for hydroxylation is 2. The summed E-state index contributed by atoms with van der Waals surface area (Å²) in [5.74, 6) is 2.30. The summed E-state index contributed by atoms with van der Waals surface area (Å²) in [4.78, 5) is 24.8. The number of Topliss-reactive ketones (excluding diaryl/α,β-unsaturated/α-hetero) is 1. The van der Waals surface area contributed by atoms with Crippen molar-refractivity contribution in [1.29, 1.82) is 0 Å². The minimum absolute atomic E-state index is 0.0591. The second kappa shape index (κ2) is 10.9. The van der Waals surface area contributed by atoms with E-state index in [9.17, 15) is 14.3 Å². The van der Waals surface area contributed by atoms with E-state index in [4.69, 9.17) is 4.98 Å². The molecule has 0 unspecified atom stereocenters. The van der Waals surface area contributed by atoms with Crippen molar-refractivity contribution in [3.8, 4) is 5.82 Å². The van der Waals surface area contributed by atoms with E-state index >= 15 is 0 Å². The summed E-state index contributed by atoms with van der Waals surface area (Å²) in [6.45, 7) is 7.00. The van der Waals surface area contributed by atoms with Crippen molar-refractivity contribution in [1.82, 2.24) is 29.9 Å². The lowest BCUT2D eigenvalue weighted by Gasteiger charge is -2.40. The van der Waals surface area contributed by atoms with Crippen molar-refractivity contribution < 1.29 is 14.3 Å². The number of carbonyl (C=O) groups excluding carboxylic acids is 1. The number of hydrogen-bond donors (Lipinski definition) is 3. The highest BCUT2D eigenvalue weighted by Gasteiger charge is 2.41. The van der Waals surface area contributed by atoms with Crippen LogP contribution in [0.1, 0.15) is 48.9 Å². The van der Waals surface area contributed by atoms with Crippen LogP contribution in [-0.4, -0.2) is 60.5 Å². The zero-order valence-electron chi connectivity index (χ0n) is 22.4. The van der Waals surface area contributed by atoms with Crippen molar-refractivity contribution >= 4 is 23.2 Å². The van der Waals surface area contributed by atoms with Gasteiger partial charge in [0.2, 0.25) is 0 Å². The Bertz CT molecular complexity index is 1440. The number of ketones is 1. The highest BCUT2D eigenvalue weighted by molar-refractivity contribution is 5.86. The molecule has 3 N–H and O–H groups in total. The minimum Gasteiger partial charge on any atom is -0.395 e. The van der Waals surface area contributed by atoms with Crippen LogP contribution in [0.4, 0.5) is 21.8 Å². The fourth-order valence-electron chi connectivity index (χ4n) is 5.04. The molecule has 4 aromatic heterocycles. The first-order chi connectivity index (χ1) is 18.7. The molecule has 0 spiro atoms. The maximum absolute atomic E-state index is 13.5. The topological polar surface area (TPSA) is 125 Å². The molecule has 0 radical (unpaired) electrons. The van der Waals surface area contributed by atoms with Gasteiger partial charge in [0.25, 0.3) is 0 Å². The minimum atomic E-state index is -0.776. The smallest absolute Gasteiger partial charge is 0.161 e. The lowest BCUT2D eigenvalue weighted by molar-refractivity contribution is -0.132. The van der Waals surface area contributed by atoms with E-state index in [0.29, 0.717) is 49.8 Å². The number of anilines is 3. The number of aliphatic hydroxyl groups is 1. The summed E-state index contributed by atoms with van der Waals surface area (Å²) in [7, 11) is 0. The molecule has 1 aliphatic heterocycles. The van der Waals surface area contributed by atoms with Gasteiger partial charge in [0.05, 0.1) is 24.4 Å². The summed E-state index contributed by atoms with van der Waals surface area (Å²) in [6.07, 6.45) is 5.49. The zero-order chi connectivity index (χ0) is 27.6. The van der Waals surface area contributed by atoms with Gasteiger partial charge in [-0.1, -0.05) is 13.0 Å². The first-order valence-electron chi connectivity index (χ1n) is 13.1. The molecule has 39 heavy (non-hydrogen) atoms. The Balaban J connectivity index is 1.22. The molecule has 1 fully saturated rings. The third-order valence-electron chi connectivity index (χ3n) is 7.47. The number of hydrogen-bond acceptors (Lipinski definition) is 8. The fourth-order valence-corrected chi connectivity index (χ4v) is 5.04. The van der Waals surface area contributed by atoms with Crippen LogP contribution in [0.3, 0.4) is 0 Å². The second-order valence-corrected chi connectivity index (χ2v) is 10.5. The number of carbonyl (C=O) groups is 1. The Labute approximate surface area is 226 Å². The van der Waals surface area contributed by atoms with Gasteiger partial charge in [-0.2, -0.15) is 10.2 Å². The number of aromatic nitrogens is 6. The molecule has 0 aliphatic carbocycles. The standard InChI is InChI=1S/C28H33FN8O2/c1-18-10-24(32-25-13-20(3)34-35-25)33-27(11-18)36-8-6-28(17-38,7-9-36)23(39)12-19(2)21-4-5-26(30-14-21)37-16-22(29)15-31-37/h4-5,10-11,13-16,19,38H,6-9,12,17H2,1-3H3,(H2,32,33,34,35)/t19-/m1/s1. The van der Waals surface area contributed by atoms with E-state index in [1.807, 2.05) is 45.0 Å². The molecule has 10 nitrogen and oxygen atoms in total. The van der Waals surface area contributed by atoms with Crippen LogP contribution in [0.2, 0.25) is 0 Å². The highest BCUT2D eigenvalue weighted by atomic mass is 19.1. The number of pyridine rings is 2. The Kier molecular flexibility index (Phi) is 7.42. The zero-order valence-corrected chi connectivity index (χ0v) is 22.4. The summed E-state index contributed by atoms with van der Waals surface area (Å²) >= 11 is 0. The summed E-state index contributed by atoms with van der Waals surface area (Å²) in [5.41, 5.74) is 2.15. The largest absolute Gasteiger partial charge is 0.395 e. The van der Waals surface area contributed by atoms with Gasteiger partial charge in [0, 0.05) is 37.5 Å². The molecule has 1 atom stereocenters. The molecule has 11 heteroatoms. The van der Waals surface area contributed by atoms with Crippen molar-refractivity contribution in [2.45, 2.75) is 46.0 Å². The molecule has 5 heterocycles. The molecule has 0 amide bonds. The summed E-state index contributed by atoms with van der Waals surface area (Å²) < 4.78 is 14.6. The van der Waals surface area contributed by atoms with Gasteiger partial charge in [0.15, 0.2) is 17.5 Å². The average Bonchev–Trinajstić information content (AvgIpc) is 3.55. The van der Waals surface area contributed by atoms with E-state index in [-0.39, 0.29) is 18.3 Å². The number of H-pyrrole nitrogens is 1. The van der Waals surface area contributed by atoms with Crippen LogP contribution in [-0.2, 0) is 4.79 Å². The molecular weight excluding hydrogens is 499 g/mol. The third kappa shape index (κ3) is 5.83. The van der Waals surface area contributed by atoms with Crippen LogP contribution in [0.5, 0.6) is 0 Å². The first-order valence-corrected chi connectivity index (χ1v) is 13.1. The molecule has 4 aromatic rings. The second-order valence-electron chi connectivity index (χ2n) is 10.5. The van der Waals surface area contributed by atoms with Crippen molar-refractivity contribution in [2.75, 3.05) is 29.9 Å².